The van der Waals surface area contributed by atoms with Crippen molar-refractivity contribution in [3.8, 4) is 0 Å². The fraction of sp³-hybridized carbons (Fsp3) is 0.462. The zero-order valence-electron chi connectivity index (χ0n) is 10.9. The summed E-state index contributed by atoms with van der Waals surface area (Å²) >= 11 is 5.86. The van der Waals surface area contributed by atoms with Crippen molar-refractivity contribution in [2.24, 2.45) is 0 Å². The summed E-state index contributed by atoms with van der Waals surface area (Å²) in [6, 6.07) is 2.18. The highest BCUT2D eigenvalue weighted by molar-refractivity contribution is 6.29. The van der Waals surface area contributed by atoms with Crippen LogP contribution in [0.25, 0.3) is 0 Å². The Morgan fingerprint density at radius 1 is 1.42 bits per heavy atom. The van der Waals surface area contributed by atoms with Crippen LogP contribution >= 0.6 is 11.6 Å². The summed E-state index contributed by atoms with van der Waals surface area (Å²) in [4.78, 5) is 27.0. The third-order valence-corrected chi connectivity index (χ3v) is 2.82. The van der Waals surface area contributed by atoms with E-state index < -0.39 is 17.9 Å². The Bertz CT molecular complexity index is 477. The molecule has 0 spiro atoms. The van der Waals surface area contributed by atoms with Crippen LogP contribution in [0, 0.1) is 0 Å². The molecule has 0 saturated heterocycles. The molecule has 0 aromatic carbocycles. The van der Waals surface area contributed by atoms with Crippen LogP contribution in [0.4, 0.5) is 0 Å². The van der Waals surface area contributed by atoms with E-state index in [2.05, 4.69) is 10.3 Å². The van der Waals surface area contributed by atoms with Gasteiger partial charge in [0.2, 0.25) is 0 Å². The topological polar surface area (TPSA) is 79.3 Å². The predicted octanol–water partition coefficient (Wildman–Crippen LogP) is 2.28. The van der Waals surface area contributed by atoms with Crippen molar-refractivity contribution in [3.63, 3.8) is 0 Å². The highest BCUT2D eigenvalue weighted by Crippen LogP contribution is 2.12. The minimum Gasteiger partial charge on any atom is -0.480 e. The lowest BCUT2D eigenvalue weighted by atomic mass is 10.1. The molecule has 0 unspecified atom stereocenters. The van der Waals surface area contributed by atoms with Gasteiger partial charge in [0.15, 0.2) is 0 Å². The van der Waals surface area contributed by atoms with Crippen molar-refractivity contribution in [1.82, 2.24) is 10.3 Å². The van der Waals surface area contributed by atoms with Crippen molar-refractivity contribution in [3.05, 3.63) is 28.5 Å². The minimum absolute atomic E-state index is 0.236. The standard InChI is InChI=1S/C13H17ClN2O3/c1-3-5-9-6-8(7-11(14)15-9)12(17)16-10(4-2)13(18)19/h6-7,10H,3-5H2,1-2H3,(H,16,17)(H,18,19)/t10-/m1/s1. The Balaban J connectivity index is 2.89. The smallest absolute Gasteiger partial charge is 0.326 e. The van der Waals surface area contributed by atoms with Crippen LogP contribution in [0.2, 0.25) is 5.15 Å². The van der Waals surface area contributed by atoms with Gasteiger partial charge >= 0.3 is 5.97 Å². The summed E-state index contributed by atoms with van der Waals surface area (Å²) in [5, 5.41) is 11.6. The summed E-state index contributed by atoms with van der Waals surface area (Å²) in [7, 11) is 0. The number of halogens is 1. The quantitative estimate of drug-likeness (QED) is 0.786. The first-order chi connectivity index (χ1) is 8.97. The molecular formula is C13H17ClN2O3. The monoisotopic (exact) mass is 284 g/mol. The molecule has 0 bridgehead atoms. The van der Waals surface area contributed by atoms with Gasteiger partial charge in [0.25, 0.3) is 5.91 Å². The fourth-order valence-corrected chi connectivity index (χ4v) is 1.87. The molecule has 104 valence electrons. The Hall–Kier alpha value is -1.62. The number of aryl methyl sites for hydroxylation is 1. The Morgan fingerprint density at radius 3 is 2.63 bits per heavy atom. The average molecular weight is 285 g/mol. The maximum absolute atomic E-state index is 12.0. The maximum atomic E-state index is 12.0. The van der Waals surface area contributed by atoms with Crippen molar-refractivity contribution in [1.29, 1.82) is 0 Å². The zero-order valence-corrected chi connectivity index (χ0v) is 11.7. The number of carboxylic acid groups (broad SMARTS) is 1. The van der Waals surface area contributed by atoms with Gasteiger partial charge in [-0.1, -0.05) is 31.9 Å². The zero-order chi connectivity index (χ0) is 14.4. The van der Waals surface area contributed by atoms with E-state index in [1.807, 2.05) is 6.92 Å². The molecule has 0 aliphatic carbocycles. The molecule has 1 aromatic rings. The molecule has 0 saturated carbocycles. The summed E-state index contributed by atoms with van der Waals surface area (Å²) in [5.41, 5.74) is 1.06. The highest BCUT2D eigenvalue weighted by atomic mass is 35.5. The second-order valence-corrected chi connectivity index (χ2v) is 4.58. The molecule has 1 rings (SSSR count). The molecule has 1 atom stereocenters. The number of hydrogen-bond acceptors (Lipinski definition) is 3. The van der Waals surface area contributed by atoms with Crippen LogP contribution in [0.5, 0.6) is 0 Å². The van der Waals surface area contributed by atoms with Gasteiger partial charge in [-0.2, -0.15) is 0 Å². The van der Waals surface area contributed by atoms with Crippen molar-refractivity contribution in [2.45, 2.75) is 39.2 Å². The van der Waals surface area contributed by atoms with E-state index in [-0.39, 0.29) is 5.15 Å². The molecule has 2 N–H and O–H groups in total. The second-order valence-electron chi connectivity index (χ2n) is 4.19. The SMILES string of the molecule is CCCc1cc(C(=O)N[C@H](CC)C(=O)O)cc(Cl)n1. The van der Waals surface area contributed by atoms with Crippen molar-refractivity contribution in [2.75, 3.05) is 0 Å². The third kappa shape index (κ3) is 4.52. The number of rotatable bonds is 6. The number of carbonyl (C=O) groups excluding carboxylic acids is 1. The van der Waals surface area contributed by atoms with Crippen LogP contribution in [0.1, 0.15) is 42.7 Å². The average Bonchev–Trinajstić information content (AvgIpc) is 2.34. The predicted molar refractivity (Wildman–Crippen MR) is 72.4 cm³/mol. The summed E-state index contributed by atoms with van der Waals surface area (Å²) in [5.74, 6) is -1.50. The number of carbonyl (C=O) groups is 2. The van der Waals surface area contributed by atoms with Crippen LogP contribution in [-0.4, -0.2) is 28.0 Å². The van der Waals surface area contributed by atoms with Gasteiger partial charge in [-0.05, 0) is 25.0 Å². The number of pyridine rings is 1. The van der Waals surface area contributed by atoms with Gasteiger partial charge in [-0.3, -0.25) is 4.79 Å². The number of nitrogens with zero attached hydrogens (tertiary/aromatic N) is 1. The first-order valence-electron chi connectivity index (χ1n) is 6.18. The Kier molecular flexibility index (Phi) is 5.76. The van der Waals surface area contributed by atoms with Gasteiger partial charge in [-0.25, -0.2) is 9.78 Å². The molecular weight excluding hydrogens is 268 g/mol. The van der Waals surface area contributed by atoms with E-state index >= 15 is 0 Å². The van der Waals surface area contributed by atoms with Crippen LogP contribution in [0.3, 0.4) is 0 Å². The Morgan fingerprint density at radius 2 is 2.11 bits per heavy atom. The van der Waals surface area contributed by atoms with Crippen LogP contribution in [0.15, 0.2) is 12.1 Å². The molecule has 1 aromatic heterocycles. The molecule has 5 nitrogen and oxygen atoms in total. The number of aromatic nitrogens is 1. The first-order valence-corrected chi connectivity index (χ1v) is 6.55. The molecule has 1 heterocycles. The van der Waals surface area contributed by atoms with Gasteiger partial charge in [-0.15, -0.1) is 0 Å². The normalized spacial score (nSPS) is 11.9. The van der Waals surface area contributed by atoms with E-state index in [1.54, 1.807) is 13.0 Å². The van der Waals surface area contributed by atoms with Crippen molar-refractivity contribution < 1.29 is 14.7 Å². The first kappa shape index (κ1) is 15.4. The molecule has 0 aliphatic heterocycles. The van der Waals surface area contributed by atoms with Crippen LogP contribution in [-0.2, 0) is 11.2 Å². The van der Waals surface area contributed by atoms with E-state index in [0.717, 1.165) is 18.5 Å². The lowest BCUT2D eigenvalue weighted by Crippen LogP contribution is -2.40. The summed E-state index contributed by atoms with van der Waals surface area (Å²) in [6.07, 6.45) is 1.93. The van der Waals surface area contributed by atoms with Crippen LogP contribution < -0.4 is 5.32 Å². The molecule has 0 aliphatic rings. The number of hydrogen-bond donors (Lipinski definition) is 2. The maximum Gasteiger partial charge on any atom is 0.326 e. The van der Waals surface area contributed by atoms with E-state index in [4.69, 9.17) is 16.7 Å². The van der Waals surface area contributed by atoms with Gasteiger partial charge < -0.3 is 10.4 Å². The number of nitrogens with one attached hydrogen (secondary N) is 1. The molecule has 6 heteroatoms. The van der Waals surface area contributed by atoms with E-state index in [1.165, 1.54) is 6.07 Å². The number of amides is 1. The number of aliphatic carboxylic acids is 1. The lowest BCUT2D eigenvalue weighted by Gasteiger charge is -2.12. The summed E-state index contributed by atoms with van der Waals surface area (Å²) < 4.78 is 0. The molecule has 19 heavy (non-hydrogen) atoms. The number of carboxylic acids is 1. The lowest BCUT2D eigenvalue weighted by molar-refractivity contribution is -0.139. The summed E-state index contributed by atoms with van der Waals surface area (Å²) in [6.45, 7) is 3.70. The van der Waals surface area contributed by atoms with E-state index in [9.17, 15) is 9.59 Å². The molecule has 1 amide bonds. The molecule has 0 fully saturated rings. The van der Waals surface area contributed by atoms with Gasteiger partial charge in [0.05, 0.1) is 0 Å². The van der Waals surface area contributed by atoms with Crippen molar-refractivity contribution >= 4 is 23.5 Å². The third-order valence-electron chi connectivity index (χ3n) is 2.63. The Labute approximate surface area is 117 Å². The van der Waals surface area contributed by atoms with Gasteiger partial charge in [0, 0.05) is 11.3 Å². The van der Waals surface area contributed by atoms with Gasteiger partial charge in [0.1, 0.15) is 11.2 Å². The highest BCUT2D eigenvalue weighted by Gasteiger charge is 2.19. The molecule has 0 radical (unpaired) electrons. The second kappa shape index (κ2) is 7.09. The van der Waals surface area contributed by atoms with E-state index in [0.29, 0.717) is 12.0 Å². The largest absolute Gasteiger partial charge is 0.480 e. The fourth-order valence-electron chi connectivity index (χ4n) is 1.65. The minimum atomic E-state index is -1.05.